The summed E-state index contributed by atoms with van der Waals surface area (Å²) < 4.78 is 5.20. The molecule has 1 heterocycles. The molecule has 0 saturated heterocycles. The van der Waals surface area contributed by atoms with Crippen LogP contribution < -0.4 is 10.1 Å². The maximum atomic E-state index is 9.92. The molecule has 1 aromatic carbocycles. The standard InChI is InChI=1S/C16H21NO2S/c1-11(2)16(15-5-4-8-20-15)17-10-12-9-13(19-3)6-7-14(12)18/h4-9,11,16-18H,10H2,1-3H3. The Labute approximate surface area is 124 Å². The minimum Gasteiger partial charge on any atom is -0.508 e. The Balaban J connectivity index is 2.10. The average molecular weight is 291 g/mol. The van der Waals surface area contributed by atoms with Crippen LogP contribution in [0.1, 0.15) is 30.3 Å². The lowest BCUT2D eigenvalue weighted by molar-refractivity contribution is 0.398. The first kappa shape index (κ1) is 14.9. The highest BCUT2D eigenvalue weighted by Crippen LogP contribution is 2.28. The summed E-state index contributed by atoms with van der Waals surface area (Å²) >= 11 is 1.76. The highest BCUT2D eigenvalue weighted by atomic mass is 32.1. The molecular formula is C16H21NO2S. The third kappa shape index (κ3) is 3.52. The lowest BCUT2D eigenvalue weighted by atomic mass is 10.0. The van der Waals surface area contributed by atoms with Crippen LogP contribution in [-0.2, 0) is 6.54 Å². The molecule has 0 aliphatic heterocycles. The second kappa shape index (κ2) is 6.77. The zero-order valence-corrected chi connectivity index (χ0v) is 12.9. The first-order valence-corrected chi connectivity index (χ1v) is 7.62. The molecule has 0 amide bonds. The lowest BCUT2D eigenvalue weighted by Gasteiger charge is -2.21. The van der Waals surface area contributed by atoms with Crippen molar-refractivity contribution in [2.75, 3.05) is 7.11 Å². The van der Waals surface area contributed by atoms with Crippen molar-refractivity contribution in [3.63, 3.8) is 0 Å². The predicted octanol–water partition coefficient (Wildman–Crippen LogP) is 3.95. The van der Waals surface area contributed by atoms with Gasteiger partial charge in [-0.05, 0) is 35.6 Å². The summed E-state index contributed by atoms with van der Waals surface area (Å²) in [5.74, 6) is 1.55. The van der Waals surface area contributed by atoms with Crippen LogP contribution in [-0.4, -0.2) is 12.2 Å². The monoisotopic (exact) mass is 291 g/mol. The van der Waals surface area contributed by atoms with Crippen molar-refractivity contribution in [1.29, 1.82) is 0 Å². The van der Waals surface area contributed by atoms with E-state index in [1.807, 2.05) is 6.07 Å². The highest BCUT2D eigenvalue weighted by Gasteiger charge is 2.16. The van der Waals surface area contributed by atoms with E-state index < -0.39 is 0 Å². The highest BCUT2D eigenvalue weighted by molar-refractivity contribution is 7.10. The van der Waals surface area contributed by atoms with E-state index in [-0.39, 0.29) is 0 Å². The topological polar surface area (TPSA) is 41.5 Å². The van der Waals surface area contributed by atoms with Crippen molar-refractivity contribution in [2.45, 2.75) is 26.4 Å². The Morgan fingerprint density at radius 3 is 2.70 bits per heavy atom. The van der Waals surface area contributed by atoms with Gasteiger partial charge in [0.15, 0.2) is 0 Å². The van der Waals surface area contributed by atoms with Crippen LogP contribution in [0.3, 0.4) is 0 Å². The molecule has 20 heavy (non-hydrogen) atoms. The summed E-state index contributed by atoms with van der Waals surface area (Å²) in [7, 11) is 1.63. The minimum absolute atomic E-state index is 0.292. The second-order valence-electron chi connectivity index (χ2n) is 5.11. The van der Waals surface area contributed by atoms with Gasteiger partial charge in [0.05, 0.1) is 7.11 Å². The molecule has 0 bridgehead atoms. The molecule has 4 heteroatoms. The molecule has 0 aliphatic carbocycles. The molecule has 2 N–H and O–H groups in total. The van der Waals surface area contributed by atoms with E-state index in [9.17, 15) is 5.11 Å². The molecule has 1 aromatic heterocycles. The SMILES string of the molecule is COc1ccc(O)c(CNC(c2cccs2)C(C)C)c1. The van der Waals surface area contributed by atoms with Crippen LogP contribution in [0, 0.1) is 5.92 Å². The number of phenols is 1. The number of methoxy groups -OCH3 is 1. The second-order valence-corrected chi connectivity index (χ2v) is 6.09. The van der Waals surface area contributed by atoms with Crippen LogP contribution in [0.5, 0.6) is 11.5 Å². The van der Waals surface area contributed by atoms with Crippen molar-refractivity contribution < 1.29 is 9.84 Å². The maximum Gasteiger partial charge on any atom is 0.120 e. The number of nitrogens with one attached hydrogen (secondary N) is 1. The quantitative estimate of drug-likeness (QED) is 0.846. The van der Waals surface area contributed by atoms with E-state index in [2.05, 4.69) is 36.7 Å². The van der Waals surface area contributed by atoms with E-state index >= 15 is 0 Å². The van der Waals surface area contributed by atoms with E-state index in [1.54, 1.807) is 30.6 Å². The molecule has 0 aliphatic rings. The number of thiophene rings is 1. The van der Waals surface area contributed by atoms with Gasteiger partial charge < -0.3 is 15.2 Å². The number of ether oxygens (including phenoxy) is 1. The summed E-state index contributed by atoms with van der Waals surface area (Å²) in [5, 5.41) is 15.5. The van der Waals surface area contributed by atoms with Crippen LogP contribution in [0.4, 0.5) is 0 Å². The number of benzene rings is 1. The molecule has 0 spiro atoms. The average Bonchev–Trinajstić information content (AvgIpc) is 2.94. The summed E-state index contributed by atoms with van der Waals surface area (Å²) in [6.07, 6.45) is 0. The number of hydrogen-bond donors (Lipinski definition) is 2. The van der Waals surface area contributed by atoms with Crippen molar-refractivity contribution >= 4 is 11.3 Å². The van der Waals surface area contributed by atoms with Gasteiger partial charge >= 0.3 is 0 Å². The molecule has 2 aromatic rings. The van der Waals surface area contributed by atoms with Gasteiger partial charge in [0.25, 0.3) is 0 Å². The molecule has 0 fully saturated rings. The number of phenolic OH excluding ortho intramolecular Hbond substituents is 1. The molecule has 3 nitrogen and oxygen atoms in total. The predicted molar refractivity (Wildman–Crippen MR) is 83.4 cm³/mol. The van der Waals surface area contributed by atoms with Gasteiger partial charge in [-0.2, -0.15) is 0 Å². The van der Waals surface area contributed by atoms with Gasteiger partial charge in [-0.1, -0.05) is 19.9 Å². The molecular weight excluding hydrogens is 270 g/mol. The van der Waals surface area contributed by atoms with Gasteiger partial charge in [-0.25, -0.2) is 0 Å². The summed E-state index contributed by atoms with van der Waals surface area (Å²) in [6, 6.07) is 9.81. The molecule has 1 unspecified atom stereocenters. The van der Waals surface area contributed by atoms with Crippen LogP contribution in [0.25, 0.3) is 0 Å². The Kier molecular flexibility index (Phi) is 5.04. The van der Waals surface area contributed by atoms with Crippen molar-refractivity contribution in [3.8, 4) is 11.5 Å². The van der Waals surface area contributed by atoms with Crippen LogP contribution in [0.2, 0.25) is 0 Å². The van der Waals surface area contributed by atoms with Gasteiger partial charge in [-0.15, -0.1) is 11.3 Å². The molecule has 0 saturated carbocycles. The van der Waals surface area contributed by atoms with Crippen molar-refractivity contribution in [3.05, 3.63) is 46.2 Å². The number of rotatable bonds is 6. The molecule has 1 atom stereocenters. The van der Waals surface area contributed by atoms with Gasteiger partial charge in [-0.3, -0.25) is 0 Å². The van der Waals surface area contributed by atoms with E-state index in [4.69, 9.17) is 4.74 Å². The van der Waals surface area contributed by atoms with Gasteiger partial charge in [0.2, 0.25) is 0 Å². The van der Waals surface area contributed by atoms with Crippen molar-refractivity contribution in [2.24, 2.45) is 5.92 Å². The van der Waals surface area contributed by atoms with Gasteiger partial charge in [0.1, 0.15) is 11.5 Å². The Morgan fingerprint density at radius 2 is 2.10 bits per heavy atom. The minimum atomic E-state index is 0.292. The number of aromatic hydroxyl groups is 1. The van der Waals surface area contributed by atoms with E-state index in [0.29, 0.717) is 24.3 Å². The Hall–Kier alpha value is -1.52. The zero-order valence-electron chi connectivity index (χ0n) is 12.1. The molecule has 0 radical (unpaired) electrons. The van der Waals surface area contributed by atoms with Crippen LogP contribution >= 0.6 is 11.3 Å². The molecule has 108 valence electrons. The fourth-order valence-electron chi connectivity index (χ4n) is 2.18. The Bertz CT molecular complexity index is 537. The molecule has 2 rings (SSSR count). The van der Waals surface area contributed by atoms with Gasteiger partial charge in [0, 0.05) is 23.0 Å². The van der Waals surface area contributed by atoms with Crippen molar-refractivity contribution in [1.82, 2.24) is 5.32 Å². The summed E-state index contributed by atoms with van der Waals surface area (Å²) in [6.45, 7) is 5.01. The Morgan fingerprint density at radius 1 is 1.30 bits per heavy atom. The van der Waals surface area contributed by atoms with E-state index in [0.717, 1.165) is 11.3 Å². The first-order chi connectivity index (χ1) is 9.61. The fourth-order valence-corrected chi connectivity index (χ4v) is 3.16. The zero-order chi connectivity index (χ0) is 14.5. The maximum absolute atomic E-state index is 9.92. The first-order valence-electron chi connectivity index (χ1n) is 6.74. The smallest absolute Gasteiger partial charge is 0.120 e. The number of hydrogen-bond acceptors (Lipinski definition) is 4. The summed E-state index contributed by atoms with van der Waals surface area (Å²) in [4.78, 5) is 1.32. The summed E-state index contributed by atoms with van der Waals surface area (Å²) in [5.41, 5.74) is 0.853. The largest absolute Gasteiger partial charge is 0.508 e. The third-order valence-corrected chi connectivity index (χ3v) is 4.27. The lowest BCUT2D eigenvalue weighted by Crippen LogP contribution is -2.24. The fraction of sp³-hybridized carbons (Fsp3) is 0.375. The third-order valence-electron chi connectivity index (χ3n) is 3.32. The van der Waals surface area contributed by atoms with Crippen LogP contribution in [0.15, 0.2) is 35.7 Å². The normalized spacial score (nSPS) is 12.6. The van der Waals surface area contributed by atoms with E-state index in [1.165, 1.54) is 4.88 Å².